The molecule has 0 aromatic heterocycles. The Labute approximate surface area is 114 Å². The highest BCUT2D eigenvalue weighted by molar-refractivity contribution is 9.10. The zero-order valence-corrected chi connectivity index (χ0v) is 12.0. The van der Waals surface area contributed by atoms with Crippen molar-refractivity contribution in [3.8, 4) is 0 Å². The predicted octanol–water partition coefficient (Wildman–Crippen LogP) is 1.87. The van der Waals surface area contributed by atoms with Gasteiger partial charge in [0, 0.05) is 23.1 Å². The van der Waals surface area contributed by atoms with Crippen LogP contribution in [0, 0.1) is 5.82 Å². The van der Waals surface area contributed by atoms with Gasteiger partial charge in [0.15, 0.2) is 0 Å². The Morgan fingerprint density at radius 3 is 2.50 bits per heavy atom. The Morgan fingerprint density at radius 2 is 1.94 bits per heavy atom. The van der Waals surface area contributed by atoms with Gasteiger partial charge in [0.1, 0.15) is 10.7 Å². The van der Waals surface area contributed by atoms with E-state index in [4.69, 9.17) is 5.11 Å². The molecule has 1 N–H and O–H groups in total. The summed E-state index contributed by atoms with van der Waals surface area (Å²) in [5.74, 6) is -0.868. The Bertz CT molecular complexity index is 556. The van der Waals surface area contributed by atoms with E-state index in [2.05, 4.69) is 15.9 Å². The van der Waals surface area contributed by atoms with Crippen LogP contribution in [0.5, 0.6) is 0 Å². The summed E-state index contributed by atoms with van der Waals surface area (Å²) in [5.41, 5.74) is -0.0258. The average molecular weight is 338 g/mol. The van der Waals surface area contributed by atoms with Crippen LogP contribution in [0.1, 0.15) is 18.4 Å². The molecule has 1 aromatic carbocycles. The molecule has 2 rings (SSSR count). The van der Waals surface area contributed by atoms with E-state index >= 15 is 0 Å². The summed E-state index contributed by atoms with van der Waals surface area (Å²) in [6.45, 7) is 0.305. The van der Waals surface area contributed by atoms with E-state index in [-0.39, 0.29) is 10.5 Å². The van der Waals surface area contributed by atoms with Gasteiger partial charge in [-0.1, -0.05) is 15.9 Å². The summed E-state index contributed by atoms with van der Waals surface area (Å²) in [6, 6.07) is 2.61. The fourth-order valence-electron chi connectivity index (χ4n) is 1.99. The highest BCUT2D eigenvalue weighted by Crippen LogP contribution is 2.28. The fourth-order valence-corrected chi connectivity index (χ4v) is 4.30. The van der Waals surface area contributed by atoms with Crippen LogP contribution in [0.3, 0.4) is 0 Å². The van der Waals surface area contributed by atoms with Crippen molar-refractivity contribution in [1.29, 1.82) is 0 Å². The lowest BCUT2D eigenvalue weighted by molar-refractivity contribution is 0.274. The molecule has 1 aliphatic rings. The lowest BCUT2D eigenvalue weighted by Crippen LogP contribution is -2.28. The third-order valence-corrected chi connectivity index (χ3v) is 5.29. The molecule has 0 spiro atoms. The zero-order valence-electron chi connectivity index (χ0n) is 9.57. The first-order valence-corrected chi connectivity index (χ1v) is 7.79. The molecule has 0 radical (unpaired) electrons. The molecule has 100 valence electrons. The van der Waals surface area contributed by atoms with Gasteiger partial charge in [0.2, 0.25) is 10.0 Å². The molecule has 1 aromatic rings. The van der Waals surface area contributed by atoms with Crippen LogP contribution in [0.15, 0.2) is 21.5 Å². The van der Waals surface area contributed by atoms with Gasteiger partial charge in [-0.15, -0.1) is 0 Å². The number of nitrogens with zero attached hydrogens (tertiary/aromatic N) is 1. The number of sulfonamides is 1. The number of halogens is 2. The zero-order chi connectivity index (χ0) is 13.3. The molecule has 1 heterocycles. The average Bonchev–Trinajstić information content (AvgIpc) is 2.85. The molecule has 0 atom stereocenters. The van der Waals surface area contributed by atoms with Crippen molar-refractivity contribution in [2.24, 2.45) is 0 Å². The lowest BCUT2D eigenvalue weighted by Gasteiger charge is -2.17. The van der Waals surface area contributed by atoms with Gasteiger partial charge >= 0.3 is 0 Å². The topological polar surface area (TPSA) is 57.6 Å². The first-order chi connectivity index (χ1) is 8.46. The molecular weight excluding hydrogens is 325 g/mol. The molecule has 1 aliphatic heterocycles. The van der Waals surface area contributed by atoms with Gasteiger partial charge < -0.3 is 5.11 Å². The van der Waals surface area contributed by atoms with Gasteiger partial charge in [-0.25, -0.2) is 12.8 Å². The minimum atomic E-state index is -3.81. The molecule has 0 unspecified atom stereocenters. The molecule has 0 saturated carbocycles. The van der Waals surface area contributed by atoms with Crippen molar-refractivity contribution in [3.05, 3.63) is 28.0 Å². The van der Waals surface area contributed by atoms with Crippen LogP contribution in [-0.2, 0) is 16.6 Å². The maximum Gasteiger partial charge on any atom is 0.246 e. The number of rotatable bonds is 3. The van der Waals surface area contributed by atoms with Crippen LogP contribution in [0.25, 0.3) is 0 Å². The van der Waals surface area contributed by atoms with E-state index < -0.39 is 22.4 Å². The third-order valence-electron chi connectivity index (χ3n) is 2.93. The van der Waals surface area contributed by atoms with E-state index in [0.29, 0.717) is 17.6 Å². The van der Waals surface area contributed by atoms with Crippen molar-refractivity contribution in [1.82, 2.24) is 4.31 Å². The summed E-state index contributed by atoms with van der Waals surface area (Å²) in [5, 5.41) is 9.03. The minimum absolute atomic E-state index is 0.0258. The maximum atomic E-state index is 14.0. The predicted molar refractivity (Wildman–Crippen MR) is 68.0 cm³/mol. The summed E-state index contributed by atoms with van der Waals surface area (Å²) < 4.78 is 40.2. The van der Waals surface area contributed by atoms with Crippen molar-refractivity contribution >= 4 is 26.0 Å². The molecule has 4 nitrogen and oxygen atoms in total. The second-order valence-corrected chi connectivity index (χ2v) is 6.97. The van der Waals surface area contributed by atoms with E-state index in [1.807, 2.05) is 0 Å². The van der Waals surface area contributed by atoms with Crippen molar-refractivity contribution < 1.29 is 17.9 Å². The molecule has 0 aliphatic carbocycles. The molecule has 1 saturated heterocycles. The quantitative estimate of drug-likeness (QED) is 0.915. The van der Waals surface area contributed by atoms with Crippen LogP contribution < -0.4 is 0 Å². The highest BCUT2D eigenvalue weighted by atomic mass is 79.9. The van der Waals surface area contributed by atoms with Crippen LogP contribution in [-0.4, -0.2) is 30.9 Å². The molecule has 18 heavy (non-hydrogen) atoms. The Kier molecular flexibility index (Phi) is 4.05. The number of hydrogen-bond donors (Lipinski definition) is 1. The minimum Gasteiger partial charge on any atom is -0.392 e. The number of hydrogen-bond acceptors (Lipinski definition) is 3. The third kappa shape index (κ3) is 2.45. The summed E-state index contributed by atoms with van der Waals surface area (Å²) in [4.78, 5) is -0.372. The molecular formula is C11H13BrFNO3S. The number of benzene rings is 1. The molecule has 7 heteroatoms. The van der Waals surface area contributed by atoms with Crippen LogP contribution in [0.4, 0.5) is 4.39 Å². The summed E-state index contributed by atoms with van der Waals surface area (Å²) in [6.07, 6.45) is 1.59. The Balaban J connectivity index is 2.53. The van der Waals surface area contributed by atoms with E-state index in [1.165, 1.54) is 16.4 Å². The standard InChI is InChI=1S/C11H13BrFNO3S/c12-9-5-8(7-15)11(13)10(6-9)18(16,17)14-3-1-2-4-14/h5-6,15H,1-4,7H2. The van der Waals surface area contributed by atoms with Crippen LogP contribution in [0.2, 0.25) is 0 Å². The van der Waals surface area contributed by atoms with E-state index in [0.717, 1.165) is 12.8 Å². The van der Waals surface area contributed by atoms with Gasteiger partial charge in [-0.05, 0) is 25.0 Å². The first-order valence-electron chi connectivity index (χ1n) is 5.55. The Hall–Kier alpha value is -0.500. The monoisotopic (exact) mass is 337 g/mol. The van der Waals surface area contributed by atoms with E-state index in [9.17, 15) is 12.8 Å². The van der Waals surface area contributed by atoms with Gasteiger partial charge in [-0.2, -0.15) is 4.31 Å². The SMILES string of the molecule is O=S(=O)(c1cc(Br)cc(CO)c1F)N1CCCC1. The van der Waals surface area contributed by atoms with Crippen LogP contribution >= 0.6 is 15.9 Å². The largest absolute Gasteiger partial charge is 0.392 e. The normalized spacial score (nSPS) is 17.3. The summed E-state index contributed by atoms with van der Waals surface area (Å²) >= 11 is 3.13. The second-order valence-electron chi connectivity index (χ2n) is 4.15. The van der Waals surface area contributed by atoms with Gasteiger partial charge in [-0.3, -0.25) is 0 Å². The maximum absolute atomic E-state index is 14.0. The molecule has 0 bridgehead atoms. The van der Waals surface area contributed by atoms with Gasteiger partial charge in [0.25, 0.3) is 0 Å². The first kappa shape index (κ1) is 13.9. The number of aliphatic hydroxyl groups is 1. The molecule has 1 fully saturated rings. The number of aliphatic hydroxyl groups excluding tert-OH is 1. The summed E-state index contributed by atoms with van der Waals surface area (Å²) in [7, 11) is -3.81. The highest BCUT2D eigenvalue weighted by Gasteiger charge is 2.30. The second kappa shape index (κ2) is 5.24. The fraction of sp³-hybridized carbons (Fsp3) is 0.455. The Morgan fingerprint density at radius 1 is 1.33 bits per heavy atom. The lowest BCUT2D eigenvalue weighted by atomic mass is 10.2. The van der Waals surface area contributed by atoms with Crippen molar-refractivity contribution in [2.75, 3.05) is 13.1 Å². The van der Waals surface area contributed by atoms with Crippen molar-refractivity contribution in [2.45, 2.75) is 24.3 Å². The molecule has 0 amide bonds. The van der Waals surface area contributed by atoms with Gasteiger partial charge in [0.05, 0.1) is 6.61 Å². The van der Waals surface area contributed by atoms with E-state index in [1.54, 1.807) is 0 Å². The van der Waals surface area contributed by atoms with Crippen molar-refractivity contribution in [3.63, 3.8) is 0 Å². The smallest absolute Gasteiger partial charge is 0.246 e.